The Morgan fingerprint density at radius 2 is 1.91 bits per heavy atom. The molecule has 0 aliphatic carbocycles. The third-order valence-electron chi connectivity index (χ3n) is 2.24. The van der Waals surface area contributed by atoms with Gasteiger partial charge in [-0.15, -0.1) is 0 Å². The van der Waals surface area contributed by atoms with Crippen molar-refractivity contribution in [1.82, 2.24) is 4.90 Å². The summed E-state index contributed by atoms with van der Waals surface area (Å²) in [7, 11) is 0. The van der Waals surface area contributed by atoms with Gasteiger partial charge < -0.3 is 0 Å². The van der Waals surface area contributed by atoms with Gasteiger partial charge in [0, 0.05) is 25.0 Å². The fraction of sp³-hybridized carbons (Fsp3) is 0.800. The standard InChI is InChI=1S/C10H19N/c1-8(2)5-10-6-11(7-10)9(3)4/h5,9-10H,6-7H2,1-4H3. The molecule has 1 heterocycles. The lowest BCUT2D eigenvalue weighted by Crippen LogP contribution is -2.49. The number of hydrogen-bond acceptors (Lipinski definition) is 1. The van der Waals surface area contributed by atoms with Crippen LogP contribution in [0.15, 0.2) is 11.6 Å². The highest BCUT2D eigenvalue weighted by molar-refractivity contribution is 5.03. The second kappa shape index (κ2) is 3.40. The van der Waals surface area contributed by atoms with E-state index < -0.39 is 0 Å². The summed E-state index contributed by atoms with van der Waals surface area (Å²) in [5.74, 6) is 0.836. The molecule has 0 aromatic heterocycles. The number of nitrogens with zero attached hydrogens (tertiary/aromatic N) is 1. The Balaban J connectivity index is 2.24. The van der Waals surface area contributed by atoms with E-state index in [9.17, 15) is 0 Å². The van der Waals surface area contributed by atoms with Crippen molar-refractivity contribution in [2.45, 2.75) is 33.7 Å². The molecule has 0 atom stereocenters. The smallest absolute Gasteiger partial charge is 0.00597 e. The molecule has 0 N–H and O–H groups in total. The van der Waals surface area contributed by atoms with E-state index in [-0.39, 0.29) is 0 Å². The lowest BCUT2D eigenvalue weighted by atomic mass is 9.96. The quantitative estimate of drug-likeness (QED) is 0.550. The second-order valence-electron chi connectivity index (χ2n) is 4.05. The molecule has 0 bridgehead atoms. The minimum absolute atomic E-state index is 0.733. The van der Waals surface area contributed by atoms with Crippen LogP contribution in [0.5, 0.6) is 0 Å². The van der Waals surface area contributed by atoms with Crippen molar-refractivity contribution in [3.8, 4) is 0 Å². The molecule has 0 spiro atoms. The van der Waals surface area contributed by atoms with E-state index in [1.165, 1.54) is 18.7 Å². The summed E-state index contributed by atoms with van der Waals surface area (Å²) in [6.07, 6.45) is 2.39. The molecule has 1 fully saturated rings. The first-order valence-corrected chi connectivity index (χ1v) is 4.48. The van der Waals surface area contributed by atoms with Crippen molar-refractivity contribution in [3.05, 3.63) is 11.6 Å². The summed E-state index contributed by atoms with van der Waals surface area (Å²) in [4.78, 5) is 2.50. The first-order chi connectivity index (χ1) is 5.09. The summed E-state index contributed by atoms with van der Waals surface area (Å²) in [6, 6.07) is 0.733. The van der Waals surface area contributed by atoms with Crippen LogP contribution in [-0.4, -0.2) is 24.0 Å². The van der Waals surface area contributed by atoms with Crippen LogP contribution < -0.4 is 0 Å². The third-order valence-corrected chi connectivity index (χ3v) is 2.24. The van der Waals surface area contributed by atoms with E-state index in [1.54, 1.807) is 0 Å². The molecule has 1 aliphatic rings. The van der Waals surface area contributed by atoms with Gasteiger partial charge in [-0.25, -0.2) is 0 Å². The van der Waals surface area contributed by atoms with E-state index in [4.69, 9.17) is 0 Å². The maximum atomic E-state index is 2.50. The molecular weight excluding hydrogens is 134 g/mol. The average Bonchev–Trinajstić information content (AvgIpc) is 1.75. The van der Waals surface area contributed by atoms with Crippen LogP contribution in [0.3, 0.4) is 0 Å². The maximum Gasteiger partial charge on any atom is 0.00597 e. The maximum absolute atomic E-state index is 2.50. The fourth-order valence-electron chi connectivity index (χ4n) is 1.55. The average molecular weight is 153 g/mol. The van der Waals surface area contributed by atoms with Gasteiger partial charge in [-0.3, -0.25) is 4.90 Å². The Labute approximate surface area is 70.1 Å². The SMILES string of the molecule is CC(C)=CC1CN(C(C)C)C1. The van der Waals surface area contributed by atoms with Gasteiger partial charge in [0.2, 0.25) is 0 Å². The van der Waals surface area contributed by atoms with Gasteiger partial charge in [0.15, 0.2) is 0 Å². The molecule has 0 aromatic carbocycles. The Morgan fingerprint density at radius 3 is 2.27 bits per heavy atom. The first-order valence-electron chi connectivity index (χ1n) is 4.48. The number of likely N-dealkylation sites (tertiary alicyclic amines) is 1. The van der Waals surface area contributed by atoms with Crippen molar-refractivity contribution >= 4 is 0 Å². The van der Waals surface area contributed by atoms with Crippen molar-refractivity contribution in [1.29, 1.82) is 0 Å². The first kappa shape index (κ1) is 8.79. The van der Waals surface area contributed by atoms with Gasteiger partial charge in [0.05, 0.1) is 0 Å². The molecule has 11 heavy (non-hydrogen) atoms. The zero-order valence-corrected chi connectivity index (χ0v) is 8.09. The molecule has 1 heteroatoms. The molecule has 1 saturated heterocycles. The molecule has 1 aliphatic heterocycles. The molecule has 0 unspecified atom stereocenters. The van der Waals surface area contributed by atoms with E-state index in [2.05, 4.69) is 38.7 Å². The fourth-order valence-corrected chi connectivity index (χ4v) is 1.55. The Hall–Kier alpha value is -0.300. The Kier molecular flexibility index (Phi) is 2.72. The second-order valence-corrected chi connectivity index (χ2v) is 4.05. The lowest BCUT2D eigenvalue weighted by molar-refractivity contribution is 0.0938. The molecular formula is C10H19N. The highest BCUT2D eigenvalue weighted by atomic mass is 15.2. The van der Waals surface area contributed by atoms with Crippen molar-refractivity contribution in [2.24, 2.45) is 5.92 Å². The Morgan fingerprint density at radius 1 is 1.36 bits per heavy atom. The summed E-state index contributed by atoms with van der Waals surface area (Å²) in [6.45, 7) is 11.4. The highest BCUT2D eigenvalue weighted by Crippen LogP contribution is 2.20. The van der Waals surface area contributed by atoms with E-state index in [1.807, 2.05) is 0 Å². The van der Waals surface area contributed by atoms with Crippen LogP contribution in [0.4, 0.5) is 0 Å². The van der Waals surface area contributed by atoms with Crippen LogP contribution in [-0.2, 0) is 0 Å². The van der Waals surface area contributed by atoms with E-state index in [0.29, 0.717) is 0 Å². The molecule has 1 nitrogen and oxygen atoms in total. The van der Waals surface area contributed by atoms with Crippen LogP contribution >= 0.6 is 0 Å². The number of hydrogen-bond donors (Lipinski definition) is 0. The summed E-state index contributed by atoms with van der Waals surface area (Å²) < 4.78 is 0. The number of allylic oxidation sites excluding steroid dienone is 1. The van der Waals surface area contributed by atoms with Gasteiger partial charge >= 0.3 is 0 Å². The minimum Gasteiger partial charge on any atom is -0.300 e. The van der Waals surface area contributed by atoms with E-state index >= 15 is 0 Å². The van der Waals surface area contributed by atoms with Gasteiger partial charge in [0.25, 0.3) is 0 Å². The minimum atomic E-state index is 0.733. The third kappa shape index (κ3) is 2.33. The molecule has 0 saturated carbocycles. The van der Waals surface area contributed by atoms with Crippen molar-refractivity contribution in [2.75, 3.05) is 13.1 Å². The summed E-state index contributed by atoms with van der Waals surface area (Å²) in [5.41, 5.74) is 1.46. The molecule has 0 radical (unpaired) electrons. The van der Waals surface area contributed by atoms with E-state index in [0.717, 1.165) is 12.0 Å². The van der Waals surface area contributed by atoms with Gasteiger partial charge in [0.1, 0.15) is 0 Å². The summed E-state index contributed by atoms with van der Waals surface area (Å²) >= 11 is 0. The van der Waals surface area contributed by atoms with Gasteiger partial charge in [-0.2, -0.15) is 0 Å². The highest BCUT2D eigenvalue weighted by Gasteiger charge is 2.25. The zero-order chi connectivity index (χ0) is 8.43. The van der Waals surface area contributed by atoms with Crippen LogP contribution in [0.1, 0.15) is 27.7 Å². The monoisotopic (exact) mass is 153 g/mol. The molecule has 0 aromatic rings. The van der Waals surface area contributed by atoms with Crippen molar-refractivity contribution in [3.63, 3.8) is 0 Å². The predicted octanol–water partition coefficient (Wildman–Crippen LogP) is 2.29. The predicted molar refractivity (Wildman–Crippen MR) is 49.6 cm³/mol. The molecule has 64 valence electrons. The molecule has 1 rings (SSSR count). The van der Waals surface area contributed by atoms with Crippen molar-refractivity contribution < 1.29 is 0 Å². The lowest BCUT2D eigenvalue weighted by Gasteiger charge is -2.41. The Bertz CT molecular complexity index is 148. The van der Waals surface area contributed by atoms with Crippen LogP contribution in [0.2, 0.25) is 0 Å². The van der Waals surface area contributed by atoms with Crippen LogP contribution in [0.25, 0.3) is 0 Å². The molecule has 0 amide bonds. The van der Waals surface area contributed by atoms with Gasteiger partial charge in [-0.1, -0.05) is 11.6 Å². The normalized spacial score (nSPS) is 20.1. The zero-order valence-electron chi connectivity index (χ0n) is 8.09. The van der Waals surface area contributed by atoms with Gasteiger partial charge in [-0.05, 0) is 27.7 Å². The van der Waals surface area contributed by atoms with Crippen LogP contribution in [0, 0.1) is 5.92 Å². The summed E-state index contributed by atoms with van der Waals surface area (Å²) in [5, 5.41) is 0. The largest absolute Gasteiger partial charge is 0.300 e. The topological polar surface area (TPSA) is 3.24 Å². The number of rotatable bonds is 2.